The predicted octanol–water partition coefficient (Wildman–Crippen LogP) is -0.313. The fourth-order valence-electron chi connectivity index (χ4n) is 0.675. The van der Waals surface area contributed by atoms with Crippen LogP contribution >= 0.6 is 9.03 Å². The molecule has 0 aliphatic carbocycles. The fourth-order valence-corrected chi connectivity index (χ4v) is 0.675. The lowest BCUT2D eigenvalue weighted by Gasteiger charge is -2.10. The maximum absolute atomic E-state index is 10.8. The molecule has 76 valence electrons. The molecule has 6 nitrogen and oxygen atoms in total. The number of rotatable bonds is 4. The lowest BCUT2D eigenvalue weighted by Crippen LogP contribution is -2.42. The van der Waals surface area contributed by atoms with Crippen LogP contribution in [-0.2, 0) is 9.59 Å². The molecule has 0 aliphatic rings. The summed E-state index contributed by atoms with van der Waals surface area (Å²) >= 11 is 0. The molecule has 0 fully saturated rings. The van der Waals surface area contributed by atoms with E-state index < -0.39 is 12.0 Å². The Balaban J connectivity index is 0. The Morgan fingerprint density at radius 1 is 1.69 bits per heavy atom. The topological polar surface area (TPSA) is 102 Å². The normalized spacial score (nSPS) is 11.4. The molecule has 0 aromatic carbocycles. The minimum atomic E-state index is -0.993. The molecule has 0 rings (SSSR count). The van der Waals surface area contributed by atoms with Gasteiger partial charge in [-0.15, -0.1) is 0 Å². The summed E-state index contributed by atoms with van der Waals surface area (Å²) in [5.74, 6) is -1.30. The average Bonchev–Trinajstić information content (AvgIpc) is 2.14. The van der Waals surface area contributed by atoms with Crippen LogP contribution in [0.3, 0.4) is 0 Å². The number of carboxylic acid groups (broad SMARTS) is 1. The molecule has 0 aromatic heterocycles. The van der Waals surface area contributed by atoms with Crippen molar-refractivity contribution in [2.45, 2.75) is 12.5 Å². The van der Waals surface area contributed by atoms with Crippen molar-refractivity contribution in [2.24, 2.45) is 0 Å². The number of hydrogen-bond acceptors (Lipinski definition) is 4. The molecule has 0 bridgehead atoms. The van der Waals surface area contributed by atoms with Gasteiger partial charge in [-0.25, -0.2) is 0 Å². The molecule has 0 aromatic rings. The van der Waals surface area contributed by atoms with E-state index in [0.717, 1.165) is 0 Å². The van der Waals surface area contributed by atoms with E-state index in [2.05, 4.69) is 24.8 Å². The molecule has 0 spiro atoms. The summed E-state index contributed by atoms with van der Waals surface area (Å²) in [5, 5.41) is 15.8. The highest BCUT2D eigenvalue weighted by atomic mass is 31.0. The molecule has 1 unspecified atom stereocenters. The SMILES string of the molecule is CNC(=O)C(CC(=O)O)NC.[2H]N=P. The van der Waals surface area contributed by atoms with Crippen LogP contribution in [0, 0.1) is 5.15 Å². The van der Waals surface area contributed by atoms with Crippen molar-refractivity contribution in [1.29, 1.82) is 5.15 Å². The van der Waals surface area contributed by atoms with Crippen molar-refractivity contribution in [3.63, 3.8) is 0 Å². The van der Waals surface area contributed by atoms with Gasteiger partial charge in [0.2, 0.25) is 5.91 Å². The molecule has 4 N–H and O–H groups in total. The first-order chi connectivity index (χ1) is 6.53. The third-order valence-corrected chi connectivity index (χ3v) is 1.29. The number of likely N-dealkylation sites (N-methyl/N-ethyl adjacent to an activating group) is 2. The van der Waals surface area contributed by atoms with Gasteiger partial charge < -0.3 is 15.7 Å². The molecule has 0 saturated heterocycles. The number of carbonyl (C=O) groups excluding carboxylic acids is 1. The van der Waals surface area contributed by atoms with Gasteiger partial charge >= 0.3 is 5.97 Å². The summed E-state index contributed by atoms with van der Waals surface area (Å²) in [6.45, 7) is 0. The van der Waals surface area contributed by atoms with E-state index in [0.29, 0.717) is 0 Å². The van der Waals surface area contributed by atoms with Crippen LogP contribution in [0.15, 0.2) is 0 Å². The van der Waals surface area contributed by atoms with Gasteiger partial charge in [0.25, 0.3) is 0 Å². The molecule has 0 heterocycles. The Morgan fingerprint density at radius 2 is 2.15 bits per heavy atom. The van der Waals surface area contributed by atoms with Gasteiger partial charge in [-0.05, 0) is 16.1 Å². The number of nitrogens with one attached hydrogen (secondary N) is 3. The van der Waals surface area contributed by atoms with Gasteiger partial charge in [0.1, 0.15) is 0 Å². The van der Waals surface area contributed by atoms with Gasteiger partial charge in [-0.3, -0.25) is 14.7 Å². The Morgan fingerprint density at radius 3 is 2.38 bits per heavy atom. The Kier molecular flexibility index (Phi) is 8.39. The molecule has 13 heavy (non-hydrogen) atoms. The van der Waals surface area contributed by atoms with E-state index in [9.17, 15) is 9.59 Å². The summed E-state index contributed by atoms with van der Waals surface area (Å²) in [5.41, 5.74) is 0. The second kappa shape index (κ2) is 9.09. The first-order valence-corrected chi connectivity index (χ1v) is 3.89. The highest BCUT2D eigenvalue weighted by Crippen LogP contribution is 1.90. The molecular formula is C6H14N3O3P. The lowest BCUT2D eigenvalue weighted by atomic mass is 10.2. The zero-order valence-corrected chi connectivity index (χ0v) is 8.50. The van der Waals surface area contributed by atoms with E-state index in [1.165, 1.54) is 7.05 Å². The monoisotopic (exact) mass is 208 g/mol. The maximum atomic E-state index is 10.8. The quantitative estimate of drug-likeness (QED) is 0.476. The Hall–Kier alpha value is -1.00. The highest BCUT2D eigenvalue weighted by Gasteiger charge is 2.17. The number of carboxylic acids is 1. The largest absolute Gasteiger partial charge is 0.481 e. The summed E-state index contributed by atoms with van der Waals surface area (Å²) in [7, 11) is 5.49. The van der Waals surface area contributed by atoms with Crippen molar-refractivity contribution >= 4 is 20.9 Å². The zero-order chi connectivity index (χ0) is 11.6. The smallest absolute Gasteiger partial charge is 0.305 e. The van der Waals surface area contributed by atoms with Gasteiger partial charge in [0.15, 0.2) is 1.41 Å². The maximum Gasteiger partial charge on any atom is 0.305 e. The summed E-state index contributed by atoms with van der Waals surface area (Å²) in [6.07, 6.45) is -0.198. The number of carbonyl (C=O) groups is 2. The van der Waals surface area contributed by atoms with Crippen LogP contribution in [0.1, 0.15) is 6.42 Å². The fraction of sp³-hybridized carbons (Fsp3) is 0.667. The standard InChI is InChI=1S/C6H12N2O3.H2NP/c1-7-4(3-5(9)10)6(11)8-2;1-2/h4,7H,3H2,1-2H3,(H,8,11)(H,9,10);1-2H/i/hD. The zero-order valence-electron chi connectivity index (χ0n) is 8.50. The summed E-state index contributed by atoms with van der Waals surface area (Å²) < 4.78 is 5.75. The average molecular weight is 208 g/mol. The second-order valence-electron chi connectivity index (χ2n) is 2.05. The molecule has 0 aliphatic heterocycles. The minimum Gasteiger partial charge on any atom is -0.481 e. The summed E-state index contributed by atoms with van der Waals surface area (Å²) in [4.78, 5) is 21.0. The molecule has 0 radical (unpaired) electrons. The van der Waals surface area contributed by atoms with Gasteiger partial charge in [0.05, 0.1) is 12.5 Å². The lowest BCUT2D eigenvalue weighted by molar-refractivity contribution is -0.139. The first kappa shape index (κ1) is 12.0. The number of amides is 1. The third-order valence-electron chi connectivity index (χ3n) is 1.29. The van der Waals surface area contributed by atoms with E-state index in [-0.39, 0.29) is 12.3 Å². The van der Waals surface area contributed by atoms with E-state index >= 15 is 0 Å². The van der Waals surface area contributed by atoms with Crippen LogP contribution in [0.2, 0.25) is 1.41 Å². The molecule has 1 atom stereocenters. The van der Waals surface area contributed by atoms with Gasteiger partial charge in [-0.1, -0.05) is 0 Å². The highest BCUT2D eigenvalue weighted by molar-refractivity contribution is 7.02. The number of hydrogen-bond donors (Lipinski definition) is 4. The predicted molar refractivity (Wildman–Crippen MR) is 50.2 cm³/mol. The molecule has 1 amide bonds. The molecule has 0 saturated carbocycles. The van der Waals surface area contributed by atoms with Crippen LogP contribution in [0.25, 0.3) is 0 Å². The Labute approximate surface area is 80.3 Å². The Bertz CT molecular complexity index is 203. The van der Waals surface area contributed by atoms with Crippen LogP contribution in [0.5, 0.6) is 0 Å². The van der Waals surface area contributed by atoms with Crippen LogP contribution in [-0.4, -0.2) is 37.1 Å². The van der Waals surface area contributed by atoms with Crippen molar-refractivity contribution < 1.29 is 16.1 Å². The van der Waals surface area contributed by atoms with E-state index in [4.69, 9.17) is 6.52 Å². The van der Waals surface area contributed by atoms with Gasteiger partial charge in [0, 0.05) is 7.05 Å². The summed E-state index contributed by atoms with van der Waals surface area (Å²) in [6, 6.07) is -0.641. The van der Waals surface area contributed by atoms with Crippen molar-refractivity contribution in [1.82, 2.24) is 10.6 Å². The van der Waals surface area contributed by atoms with E-state index in [1.807, 2.05) is 0 Å². The molecule has 7 heteroatoms. The van der Waals surface area contributed by atoms with Gasteiger partial charge in [-0.2, -0.15) is 0 Å². The second-order valence-corrected chi connectivity index (χ2v) is 2.05. The van der Waals surface area contributed by atoms with E-state index in [1.54, 1.807) is 7.05 Å². The molecular weight excluding hydrogens is 193 g/mol. The number of aliphatic carboxylic acids is 1. The first-order valence-electron chi connectivity index (χ1n) is 3.89. The van der Waals surface area contributed by atoms with Crippen LogP contribution in [0.4, 0.5) is 0 Å². The minimum absolute atomic E-state index is 0.198. The van der Waals surface area contributed by atoms with Crippen molar-refractivity contribution in [2.75, 3.05) is 14.1 Å². The van der Waals surface area contributed by atoms with Crippen molar-refractivity contribution in [3.8, 4) is 0 Å². The van der Waals surface area contributed by atoms with Crippen LogP contribution < -0.4 is 10.6 Å². The third kappa shape index (κ3) is 7.36. The van der Waals surface area contributed by atoms with Crippen molar-refractivity contribution in [3.05, 3.63) is 0 Å².